The zero-order chi connectivity index (χ0) is 22.7. The molecule has 1 aliphatic rings. The Bertz CT molecular complexity index is 1190. The molecule has 1 aliphatic heterocycles. The largest absolute Gasteiger partial charge is 0.354 e. The zero-order valence-corrected chi connectivity index (χ0v) is 18.3. The van der Waals surface area contributed by atoms with Crippen molar-refractivity contribution in [2.45, 2.75) is 6.92 Å². The molecule has 0 aromatic heterocycles. The van der Waals surface area contributed by atoms with E-state index in [0.29, 0.717) is 35.1 Å². The second-order valence-electron chi connectivity index (χ2n) is 7.39. The fourth-order valence-corrected chi connectivity index (χ4v) is 3.92. The van der Waals surface area contributed by atoms with Crippen molar-refractivity contribution in [3.63, 3.8) is 0 Å². The maximum absolute atomic E-state index is 12.9. The van der Waals surface area contributed by atoms with Gasteiger partial charge in [0.15, 0.2) is 0 Å². The van der Waals surface area contributed by atoms with E-state index in [1.54, 1.807) is 17.0 Å². The first kappa shape index (κ1) is 21.6. The number of anilines is 3. The van der Waals surface area contributed by atoms with Gasteiger partial charge in [-0.3, -0.25) is 9.59 Å². The first-order chi connectivity index (χ1) is 15.5. The summed E-state index contributed by atoms with van der Waals surface area (Å²) in [6, 6.07) is 22.5. The van der Waals surface area contributed by atoms with Crippen LogP contribution >= 0.6 is 11.6 Å². The fraction of sp³-hybridized carbons (Fsp3) is 0.120. The molecule has 2 amide bonds. The van der Waals surface area contributed by atoms with Crippen LogP contribution in [0.1, 0.15) is 18.1 Å². The summed E-state index contributed by atoms with van der Waals surface area (Å²) in [7, 11) is 0. The second kappa shape index (κ2) is 9.26. The average Bonchev–Trinajstić information content (AvgIpc) is 3.11. The maximum atomic E-state index is 12.9. The summed E-state index contributed by atoms with van der Waals surface area (Å²) >= 11 is 6.11. The first-order valence-electron chi connectivity index (χ1n) is 10.2. The topological polar surface area (TPSA) is 87.5 Å². The van der Waals surface area contributed by atoms with Crippen LogP contribution in [-0.4, -0.2) is 24.9 Å². The number of nitrogens with two attached hydrogens (primary N) is 1. The third-order valence-electron chi connectivity index (χ3n) is 5.22. The third kappa shape index (κ3) is 4.37. The molecular formula is C25H23ClN4O2. The number of halogens is 1. The van der Waals surface area contributed by atoms with E-state index < -0.39 is 0 Å². The van der Waals surface area contributed by atoms with Crippen LogP contribution in [0.3, 0.4) is 0 Å². The summed E-state index contributed by atoms with van der Waals surface area (Å²) < 4.78 is 0. The van der Waals surface area contributed by atoms with E-state index >= 15 is 0 Å². The Balaban J connectivity index is 1.75. The number of benzene rings is 3. The Morgan fingerprint density at radius 2 is 1.78 bits per heavy atom. The van der Waals surface area contributed by atoms with E-state index in [1.165, 1.54) is 6.92 Å². The number of carbonyl (C=O) groups is 2. The minimum atomic E-state index is -0.198. The molecule has 3 aromatic rings. The highest BCUT2D eigenvalue weighted by Crippen LogP contribution is 2.38. The van der Waals surface area contributed by atoms with Crippen LogP contribution in [0.5, 0.6) is 0 Å². The molecule has 6 nitrogen and oxygen atoms in total. The molecule has 0 bridgehead atoms. The number of carbonyl (C=O) groups excluding carboxylic acids is 2. The summed E-state index contributed by atoms with van der Waals surface area (Å²) in [4.78, 5) is 26.5. The van der Waals surface area contributed by atoms with Crippen molar-refractivity contribution in [2.24, 2.45) is 5.73 Å². The van der Waals surface area contributed by atoms with Crippen molar-refractivity contribution in [3.8, 4) is 0 Å². The Morgan fingerprint density at radius 3 is 2.44 bits per heavy atom. The lowest BCUT2D eigenvalue weighted by Gasteiger charge is -2.21. The third-order valence-corrected chi connectivity index (χ3v) is 5.45. The van der Waals surface area contributed by atoms with Gasteiger partial charge >= 0.3 is 0 Å². The minimum absolute atomic E-state index is 0.0684. The van der Waals surface area contributed by atoms with Gasteiger partial charge in [-0.05, 0) is 42.0 Å². The molecule has 1 heterocycles. The van der Waals surface area contributed by atoms with Gasteiger partial charge in [0.25, 0.3) is 5.91 Å². The number of nitrogens with one attached hydrogen (secondary N) is 2. The van der Waals surface area contributed by atoms with E-state index in [-0.39, 0.29) is 11.8 Å². The van der Waals surface area contributed by atoms with Crippen molar-refractivity contribution in [1.82, 2.24) is 0 Å². The summed E-state index contributed by atoms with van der Waals surface area (Å²) in [6.45, 7) is 2.34. The number of hydrogen-bond acceptors (Lipinski definition) is 4. The summed E-state index contributed by atoms with van der Waals surface area (Å²) in [6.07, 6.45) is 0. The SMILES string of the molecule is CC(=O)N(CCN)c1ccc(NC(=C2C(=O)Nc3cc(Cl)ccc32)c2ccccc2)cc1. The molecule has 0 spiro atoms. The minimum Gasteiger partial charge on any atom is -0.354 e. The lowest BCUT2D eigenvalue weighted by molar-refractivity contribution is -0.116. The molecule has 4 N–H and O–H groups in total. The maximum Gasteiger partial charge on any atom is 0.258 e. The number of amides is 2. The number of fused-ring (bicyclic) bond motifs is 1. The van der Waals surface area contributed by atoms with E-state index in [0.717, 1.165) is 22.5 Å². The smallest absolute Gasteiger partial charge is 0.258 e. The highest BCUT2D eigenvalue weighted by molar-refractivity contribution is 6.38. The highest BCUT2D eigenvalue weighted by Gasteiger charge is 2.28. The summed E-state index contributed by atoms with van der Waals surface area (Å²) in [5.74, 6) is -0.267. The van der Waals surface area contributed by atoms with Gasteiger partial charge in [0.1, 0.15) is 0 Å². The van der Waals surface area contributed by atoms with Crippen LogP contribution in [0.2, 0.25) is 5.02 Å². The van der Waals surface area contributed by atoms with Gasteiger partial charge in [0, 0.05) is 42.0 Å². The molecule has 0 fully saturated rings. The lowest BCUT2D eigenvalue weighted by Crippen LogP contribution is -2.33. The van der Waals surface area contributed by atoms with Gasteiger partial charge in [0.05, 0.1) is 17.0 Å². The molecule has 3 aromatic carbocycles. The van der Waals surface area contributed by atoms with E-state index in [9.17, 15) is 9.59 Å². The van der Waals surface area contributed by atoms with Crippen LogP contribution in [0.25, 0.3) is 11.3 Å². The van der Waals surface area contributed by atoms with E-state index in [2.05, 4.69) is 10.6 Å². The van der Waals surface area contributed by atoms with Crippen molar-refractivity contribution >= 4 is 51.7 Å². The molecule has 32 heavy (non-hydrogen) atoms. The molecule has 0 atom stereocenters. The van der Waals surface area contributed by atoms with Gasteiger partial charge in [-0.2, -0.15) is 0 Å². The van der Waals surface area contributed by atoms with Gasteiger partial charge < -0.3 is 21.3 Å². The summed E-state index contributed by atoms with van der Waals surface area (Å²) in [5, 5.41) is 6.86. The van der Waals surface area contributed by atoms with Crippen LogP contribution < -0.4 is 21.3 Å². The molecule has 162 valence electrons. The molecule has 0 aliphatic carbocycles. The number of hydrogen-bond donors (Lipinski definition) is 3. The van der Waals surface area contributed by atoms with Crippen molar-refractivity contribution in [2.75, 3.05) is 28.6 Å². The van der Waals surface area contributed by atoms with Gasteiger partial charge in [-0.25, -0.2) is 0 Å². The Labute approximate surface area is 191 Å². The van der Waals surface area contributed by atoms with Gasteiger partial charge in [0.2, 0.25) is 5.91 Å². The zero-order valence-electron chi connectivity index (χ0n) is 17.6. The lowest BCUT2D eigenvalue weighted by atomic mass is 10.00. The Morgan fingerprint density at radius 1 is 1.06 bits per heavy atom. The quantitative estimate of drug-likeness (QED) is 0.483. The highest BCUT2D eigenvalue weighted by atomic mass is 35.5. The van der Waals surface area contributed by atoms with Gasteiger partial charge in [-0.1, -0.05) is 48.0 Å². The van der Waals surface area contributed by atoms with Crippen LogP contribution in [0.15, 0.2) is 72.8 Å². The molecule has 4 rings (SSSR count). The average molecular weight is 447 g/mol. The van der Waals surface area contributed by atoms with Crippen molar-refractivity contribution < 1.29 is 9.59 Å². The number of rotatable bonds is 6. The number of nitrogens with zero attached hydrogens (tertiary/aromatic N) is 1. The molecular weight excluding hydrogens is 424 g/mol. The van der Waals surface area contributed by atoms with Gasteiger partial charge in [-0.15, -0.1) is 0 Å². The van der Waals surface area contributed by atoms with Crippen LogP contribution in [-0.2, 0) is 9.59 Å². The first-order valence-corrected chi connectivity index (χ1v) is 10.6. The second-order valence-corrected chi connectivity index (χ2v) is 7.83. The molecule has 7 heteroatoms. The van der Waals surface area contributed by atoms with E-state index in [1.807, 2.05) is 60.7 Å². The van der Waals surface area contributed by atoms with Crippen LogP contribution in [0.4, 0.5) is 17.1 Å². The Hall–Kier alpha value is -3.61. The summed E-state index contributed by atoms with van der Waals surface area (Å²) in [5.41, 5.74) is 10.8. The Kier molecular flexibility index (Phi) is 6.25. The van der Waals surface area contributed by atoms with Crippen molar-refractivity contribution in [1.29, 1.82) is 0 Å². The molecule has 0 unspecified atom stereocenters. The predicted octanol–water partition coefficient (Wildman–Crippen LogP) is 4.58. The standard InChI is InChI=1S/C25H23ClN4O2/c1-16(31)30(14-13-27)20-10-8-19(9-11-20)28-24(17-5-3-2-4-6-17)23-21-12-7-18(26)15-22(21)29-25(23)32/h2-12,15,28H,13-14,27H2,1H3,(H,29,32). The van der Waals surface area contributed by atoms with Crippen LogP contribution in [0, 0.1) is 0 Å². The van der Waals surface area contributed by atoms with Crippen molar-refractivity contribution in [3.05, 3.63) is 88.9 Å². The molecule has 0 radical (unpaired) electrons. The normalized spacial score (nSPS) is 13.9. The fourth-order valence-electron chi connectivity index (χ4n) is 3.74. The molecule has 0 saturated heterocycles. The van der Waals surface area contributed by atoms with E-state index in [4.69, 9.17) is 17.3 Å². The molecule has 0 saturated carbocycles. The predicted molar refractivity (Wildman–Crippen MR) is 130 cm³/mol. The monoisotopic (exact) mass is 446 g/mol.